The van der Waals surface area contributed by atoms with Gasteiger partial charge in [-0.2, -0.15) is 0 Å². The van der Waals surface area contributed by atoms with Crippen molar-refractivity contribution in [2.24, 2.45) is 60.8 Å². The molecule has 60 heavy (non-hydrogen) atoms. The molecule has 0 aromatic carbocycles. The number of carboxylic acids is 2. The topological polar surface area (TPSA) is 494 Å². The van der Waals surface area contributed by atoms with E-state index in [0.29, 0.717) is 19.3 Å². The van der Waals surface area contributed by atoms with Crippen LogP contribution in [0.1, 0.15) is 70.6 Å². The first-order valence-corrected chi connectivity index (χ1v) is 19.1. The molecule has 0 unspecified atom stereocenters. The van der Waals surface area contributed by atoms with Crippen LogP contribution >= 0.6 is 0 Å². The third-order valence-corrected chi connectivity index (χ3v) is 8.19. The van der Waals surface area contributed by atoms with Gasteiger partial charge in [0.05, 0.1) is 19.1 Å². The van der Waals surface area contributed by atoms with Gasteiger partial charge in [-0.05, 0) is 70.8 Å². The van der Waals surface area contributed by atoms with Crippen molar-refractivity contribution in [1.29, 1.82) is 0 Å². The number of unbranched alkanes of at least 4 members (excludes halogenated alkanes) is 1. The lowest BCUT2D eigenvalue weighted by atomic mass is 10.1. The highest BCUT2D eigenvalue weighted by atomic mass is 16.4. The number of nitrogens with zero attached hydrogens (tertiary/aromatic N) is 3. The van der Waals surface area contributed by atoms with Crippen LogP contribution in [0.5, 0.6) is 0 Å². The molecule has 0 radical (unpaired) electrons. The molecular formula is C33H63N17O10. The monoisotopic (exact) mass is 857 g/mol. The number of carbonyl (C=O) groups is 8. The molecule has 24 N–H and O–H groups in total. The summed E-state index contributed by atoms with van der Waals surface area (Å²) in [4.78, 5) is 113. The Hall–Kier alpha value is -6.51. The molecule has 0 aromatic rings. The van der Waals surface area contributed by atoms with Gasteiger partial charge < -0.3 is 88.0 Å². The van der Waals surface area contributed by atoms with Gasteiger partial charge in [0.25, 0.3) is 0 Å². The largest absolute Gasteiger partial charge is 0.481 e. The van der Waals surface area contributed by atoms with Crippen molar-refractivity contribution in [1.82, 2.24) is 31.9 Å². The van der Waals surface area contributed by atoms with E-state index in [1.165, 1.54) is 0 Å². The van der Waals surface area contributed by atoms with Crippen LogP contribution < -0.4 is 77.8 Å². The van der Waals surface area contributed by atoms with Crippen LogP contribution in [0.4, 0.5) is 0 Å². The molecule has 0 heterocycles. The van der Waals surface area contributed by atoms with E-state index in [1.807, 2.05) is 0 Å². The predicted octanol–water partition coefficient (Wildman–Crippen LogP) is -7.28. The minimum absolute atomic E-state index is 0.0143. The molecule has 27 nitrogen and oxygen atoms in total. The molecular weight excluding hydrogens is 794 g/mol. The quantitative estimate of drug-likeness (QED) is 0.0170. The maximum atomic E-state index is 13.5. The summed E-state index contributed by atoms with van der Waals surface area (Å²) in [7, 11) is 0. The third kappa shape index (κ3) is 26.4. The molecule has 0 rings (SSSR count). The van der Waals surface area contributed by atoms with E-state index in [-0.39, 0.29) is 82.6 Å². The second-order valence-electron chi connectivity index (χ2n) is 13.3. The molecule has 0 aliphatic heterocycles. The van der Waals surface area contributed by atoms with Crippen LogP contribution in [-0.4, -0.2) is 145 Å². The van der Waals surface area contributed by atoms with Gasteiger partial charge >= 0.3 is 11.9 Å². The van der Waals surface area contributed by atoms with Gasteiger partial charge in [-0.15, -0.1) is 0 Å². The van der Waals surface area contributed by atoms with Gasteiger partial charge in [-0.3, -0.25) is 48.5 Å². The smallest absolute Gasteiger partial charge is 0.326 e. The Bertz CT molecular complexity index is 1520. The minimum Gasteiger partial charge on any atom is -0.481 e. The van der Waals surface area contributed by atoms with E-state index in [0.717, 1.165) is 0 Å². The van der Waals surface area contributed by atoms with Gasteiger partial charge in [-0.1, -0.05) is 0 Å². The van der Waals surface area contributed by atoms with E-state index >= 15 is 0 Å². The summed E-state index contributed by atoms with van der Waals surface area (Å²) in [6.45, 7) is -0.621. The van der Waals surface area contributed by atoms with E-state index in [9.17, 15) is 48.6 Å². The Morgan fingerprint density at radius 1 is 0.483 bits per heavy atom. The first kappa shape index (κ1) is 53.5. The maximum Gasteiger partial charge on any atom is 0.326 e. The van der Waals surface area contributed by atoms with Crippen molar-refractivity contribution in [3.05, 3.63) is 0 Å². The summed E-state index contributed by atoms with van der Waals surface area (Å²) in [5, 5.41) is 33.2. The SMILES string of the molecule is NCCCC[C@H](NC(=O)[C@H](CCC(=O)O)NC(=O)[C@H](CCCN=C(N)N)NC(=O)CNC(=O)[C@H](CCCN=C(N)N)NC(=O)CNC(=O)[C@@H](N)CCCN=C(N)N)C(=O)O. The lowest BCUT2D eigenvalue weighted by Crippen LogP contribution is -2.57. The fraction of sp³-hybridized carbons (Fsp3) is 0.667. The zero-order valence-electron chi connectivity index (χ0n) is 33.5. The first-order chi connectivity index (χ1) is 28.3. The Labute approximate surface area is 346 Å². The van der Waals surface area contributed by atoms with Gasteiger partial charge in [0.2, 0.25) is 35.4 Å². The number of nitrogens with two attached hydrogens (primary N) is 8. The lowest BCUT2D eigenvalue weighted by molar-refractivity contribution is -0.143. The average molecular weight is 858 g/mol. The highest BCUT2D eigenvalue weighted by Crippen LogP contribution is 2.07. The molecule has 0 aliphatic carbocycles. The fourth-order valence-electron chi connectivity index (χ4n) is 5.11. The highest BCUT2D eigenvalue weighted by molar-refractivity contribution is 5.95. The second kappa shape index (κ2) is 30.6. The summed E-state index contributed by atoms with van der Waals surface area (Å²) in [5.74, 6) is -8.28. The zero-order valence-corrected chi connectivity index (χ0v) is 33.5. The first-order valence-electron chi connectivity index (χ1n) is 19.1. The molecule has 27 heteroatoms. The van der Waals surface area contributed by atoms with Crippen LogP contribution in [0.2, 0.25) is 0 Å². The molecule has 0 saturated heterocycles. The fourth-order valence-corrected chi connectivity index (χ4v) is 5.11. The summed E-state index contributed by atoms with van der Waals surface area (Å²) in [5.41, 5.74) is 43.3. The number of aliphatic carboxylic acids is 2. The number of nitrogens with one attached hydrogen (secondary N) is 6. The van der Waals surface area contributed by atoms with Crippen molar-refractivity contribution in [3.63, 3.8) is 0 Å². The summed E-state index contributed by atoms with van der Waals surface area (Å²) >= 11 is 0. The van der Waals surface area contributed by atoms with Crippen molar-refractivity contribution >= 4 is 65.3 Å². The molecule has 0 fully saturated rings. The van der Waals surface area contributed by atoms with Gasteiger partial charge in [0.15, 0.2) is 17.9 Å². The number of guanidine groups is 3. The third-order valence-electron chi connectivity index (χ3n) is 8.19. The number of hydrogen-bond donors (Lipinski definition) is 16. The Morgan fingerprint density at radius 2 is 0.883 bits per heavy atom. The highest BCUT2D eigenvalue weighted by Gasteiger charge is 2.30. The second-order valence-corrected chi connectivity index (χ2v) is 13.3. The number of rotatable bonds is 32. The average Bonchev–Trinajstić information content (AvgIpc) is 3.17. The van der Waals surface area contributed by atoms with Crippen LogP contribution in [0.25, 0.3) is 0 Å². The molecule has 0 spiro atoms. The van der Waals surface area contributed by atoms with E-state index in [4.69, 9.17) is 45.9 Å². The molecule has 6 amide bonds. The minimum atomic E-state index is -1.53. The molecule has 0 aromatic heterocycles. The maximum absolute atomic E-state index is 13.5. The van der Waals surface area contributed by atoms with E-state index < -0.39 is 104 Å². The van der Waals surface area contributed by atoms with E-state index in [2.05, 4.69) is 46.9 Å². The Morgan fingerprint density at radius 3 is 1.32 bits per heavy atom. The molecule has 0 aliphatic rings. The number of hydrogen-bond acceptors (Lipinski definition) is 13. The Kier molecular flexibility index (Phi) is 27.2. The van der Waals surface area contributed by atoms with Gasteiger partial charge in [-0.25, -0.2) is 4.79 Å². The van der Waals surface area contributed by atoms with Crippen LogP contribution in [0.15, 0.2) is 15.0 Å². The summed E-state index contributed by atoms with van der Waals surface area (Å²) < 4.78 is 0. The van der Waals surface area contributed by atoms with Crippen LogP contribution in [0, 0.1) is 0 Å². The van der Waals surface area contributed by atoms with Crippen molar-refractivity contribution in [2.75, 3.05) is 39.3 Å². The van der Waals surface area contributed by atoms with Gasteiger partial charge in [0.1, 0.15) is 24.2 Å². The zero-order chi connectivity index (χ0) is 45.6. The van der Waals surface area contributed by atoms with Crippen LogP contribution in [0.3, 0.4) is 0 Å². The molecule has 0 saturated carbocycles. The Balaban J connectivity index is 5.87. The van der Waals surface area contributed by atoms with Crippen molar-refractivity contribution in [3.8, 4) is 0 Å². The number of aliphatic imine (C=N–C) groups is 3. The number of carboxylic acid groups (broad SMARTS) is 2. The van der Waals surface area contributed by atoms with Crippen molar-refractivity contribution < 1.29 is 48.6 Å². The molecule has 340 valence electrons. The van der Waals surface area contributed by atoms with Gasteiger partial charge in [0, 0.05) is 26.1 Å². The molecule has 0 bridgehead atoms. The lowest BCUT2D eigenvalue weighted by Gasteiger charge is -2.24. The number of amides is 6. The number of carbonyl (C=O) groups excluding carboxylic acids is 6. The van der Waals surface area contributed by atoms with Crippen molar-refractivity contribution in [2.45, 2.75) is 101 Å². The standard InChI is InChI=1S/C33H63N17O10/c34-12-2-1-7-22(30(59)60)50-29(58)21(10-11-25(53)54)49-28(57)20(9-5-15-44-33(40)41)48-24(52)17-46-27(56)19(8-4-14-43-32(38)39)47-23(51)16-45-26(55)18(35)6-3-13-42-31(36)37/h18-22H,1-17,34-35H2,(H,45,55)(H,46,56)(H,47,51)(H,48,52)(H,49,57)(H,50,58)(H,53,54)(H,59,60)(H4,36,37,42)(H4,38,39,43)(H4,40,41,44)/t18-,19-,20-,21-,22-/m0/s1. The normalized spacial score (nSPS) is 13.0. The van der Waals surface area contributed by atoms with Crippen LogP contribution in [-0.2, 0) is 38.4 Å². The van der Waals surface area contributed by atoms with E-state index in [1.54, 1.807) is 0 Å². The summed E-state index contributed by atoms with van der Waals surface area (Å²) in [6, 6.07) is -6.50. The summed E-state index contributed by atoms with van der Waals surface area (Å²) in [6.07, 6.45) is 0.657. The molecule has 5 atom stereocenters. The predicted molar refractivity (Wildman–Crippen MR) is 219 cm³/mol.